The lowest BCUT2D eigenvalue weighted by Crippen LogP contribution is -2.15. The van der Waals surface area contributed by atoms with Crippen LogP contribution in [0.25, 0.3) is 11.1 Å². The highest BCUT2D eigenvalue weighted by molar-refractivity contribution is 5.74. The second kappa shape index (κ2) is 8.88. The number of rotatable bonds is 10. The molecule has 0 saturated heterocycles. The Kier molecular flexibility index (Phi) is 6.31. The Morgan fingerprint density at radius 3 is 2.52 bits per heavy atom. The van der Waals surface area contributed by atoms with E-state index in [9.17, 15) is 0 Å². The number of hydrogen-bond donors (Lipinski definition) is 1. The maximum atomic E-state index is 6.02. The SMILES string of the molecule is COCCCOc1cc(CNC2CC2)cc(-c2ccccc2)c1OC. The summed E-state index contributed by atoms with van der Waals surface area (Å²) in [5, 5.41) is 3.58. The molecular weight excluding hydrogens is 314 g/mol. The minimum Gasteiger partial charge on any atom is -0.492 e. The molecule has 0 unspecified atom stereocenters. The Bertz CT molecular complexity index is 668. The van der Waals surface area contributed by atoms with E-state index in [1.54, 1.807) is 14.2 Å². The molecule has 0 radical (unpaired) electrons. The van der Waals surface area contributed by atoms with Crippen LogP contribution in [0.5, 0.6) is 11.5 Å². The summed E-state index contributed by atoms with van der Waals surface area (Å²) in [6.07, 6.45) is 3.41. The molecule has 2 aromatic carbocycles. The molecule has 134 valence electrons. The van der Waals surface area contributed by atoms with Gasteiger partial charge in [0, 0.05) is 38.3 Å². The first-order valence-corrected chi connectivity index (χ1v) is 8.93. The summed E-state index contributed by atoms with van der Waals surface area (Å²) in [6, 6.07) is 15.3. The normalized spacial score (nSPS) is 13.7. The van der Waals surface area contributed by atoms with Gasteiger partial charge in [0.25, 0.3) is 0 Å². The summed E-state index contributed by atoms with van der Waals surface area (Å²) in [5.41, 5.74) is 3.42. The number of benzene rings is 2. The fourth-order valence-corrected chi connectivity index (χ4v) is 2.85. The Labute approximate surface area is 150 Å². The molecule has 1 aliphatic rings. The van der Waals surface area contributed by atoms with Crippen LogP contribution in [0.4, 0.5) is 0 Å². The van der Waals surface area contributed by atoms with Gasteiger partial charge in [0.2, 0.25) is 0 Å². The molecule has 4 heteroatoms. The molecule has 0 aliphatic heterocycles. The van der Waals surface area contributed by atoms with Crippen molar-refractivity contribution in [2.75, 3.05) is 27.4 Å². The van der Waals surface area contributed by atoms with E-state index >= 15 is 0 Å². The van der Waals surface area contributed by atoms with Gasteiger partial charge >= 0.3 is 0 Å². The Balaban J connectivity index is 1.88. The summed E-state index contributed by atoms with van der Waals surface area (Å²) < 4.78 is 16.8. The molecule has 1 aliphatic carbocycles. The molecule has 1 saturated carbocycles. The van der Waals surface area contributed by atoms with Gasteiger partial charge in [-0.15, -0.1) is 0 Å². The van der Waals surface area contributed by atoms with Crippen molar-refractivity contribution in [1.82, 2.24) is 5.32 Å². The van der Waals surface area contributed by atoms with Crippen LogP contribution in [0.15, 0.2) is 42.5 Å². The van der Waals surface area contributed by atoms with Crippen molar-refractivity contribution in [2.24, 2.45) is 0 Å². The van der Waals surface area contributed by atoms with Gasteiger partial charge in [-0.05, 0) is 36.1 Å². The minimum atomic E-state index is 0.609. The summed E-state index contributed by atoms with van der Waals surface area (Å²) in [4.78, 5) is 0. The first-order valence-electron chi connectivity index (χ1n) is 8.93. The summed E-state index contributed by atoms with van der Waals surface area (Å²) in [5.74, 6) is 1.59. The smallest absolute Gasteiger partial charge is 0.168 e. The molecule has 25 heavy (non-hydrogen) atoms. The predicted molar refractivity (Wildman–Crippen MR) is 100 cm³/mol. The molecule has 1 fully saturated rings. The summed E-state index contributed by atoms with van der Waals surface area (Å²) in [7, 11) is 3.41. The van der Waals surface area contributed by atoms with E-state index in [0.29, 0.717) is 19.3 Å². The van der Waals surface area contributed by atoms with Gasteiger partial charge in [-0.25, -0.2) is 0 Å². The second-order valence-electron chi connectivity index (χ2n) is 6.39. The van der Waals surface area contributed by atoms with Gasteiger partial charge < -0.3 is 19.5 Å². The highest BCUT2D eigenvalue weighted by Gasteiger charge is 2.21. The third kappa shape index (κ3) is 4.97. The molecule has 0 atom stereocenters. The van der Waals surface area contributed by atoms with Crippen LogP contribution in [-0.4, -0.2) is 33.5 Å². The van der Waals surface area contributed by atoms with Crippen molar-refractivity contribution in [3.05, 3.63) is 48.0 Å². The number of methoxy groups -OCH3 is 2. The van der Waals surface area contributed by atoms with E-state index in [2.05, 4.69) is 29.6 Å². The van der Waals surface area contributed by atoms with Gasteiger partial charge in [-0.1, -0.05) is 30.3 Å². The van der Waals surface area contributed by atoms with E-state index in [1.807, 2.05) is 18.2 Å². The summed E-state index contributed by atoms with van der Waals surface area (Å²) in [6.45, 7) is 2.15. The first-order chi connectivity index (χ1) is 12.3. The van der Waals surface area contributed by atoms with Crippen LogP contribution in [0.2, 0.25) is 0 Å². The average molecular weight is 341 g/mol. The molecule has 2 aromatic rings. The molecular formula is C21H27NO3. The van der Waals surface area contributed by atoms with Gasteiger partial charge in [0.15, 0.2) is 11.5 Å². The number of ether oxygens (including phenoxy) is 3. The fourth-order valence-electron chi connectivity index (χ4n) is 2.85. The van der Waals surface area contributed by atoms with E-state index in [1.165, 1.54) is 18.4 Å². The van der Waals surface area contributed by atoms with Crippen molar-refractivity contribution in [3.8, 4) is 22.6 Å². The third-order valence-electron chi connectivity index (χ3n) is 4.33. The van der Waals surface area contributed by atoms with Gasteiger partial charge in [0.1, 0.15) is 0 Å². The van der Waals surface area contributed by atoms with E-state index in [-0.39, 0.29) is 0 Å². The standard InChI is InChI=1S/C21H27NO3/c1-23-11-6-12-25-20-14-16(15-22-18-9-10-18)13-19(21(20)24-2)17-7-4-3-5-8-17/h3-5,7-8,13-14,18,22H,6,9-12,15H2,1-2H3. The van der Waals surface area contributed by atoms with Crippen LogP contribution in [0.1, 0.15) is 24.8 Å². The zero-order valence-corrected chi connectivity index (χ0v) is 15.1. The van der Waals surface area contributed by atoms with Crippen LogP contribution < -0.4 is 14.8 Å². The van der Waals surface area contributed by atoms with Crippen LogP contribution in [0, 0.1) is 0 Å². The lowest BCUT2D eigenvalue weighted by atomic mass is 10.0. The van der Waals surface area contributed by atoms with Crippen molar-refractivity contribution in [1.29, 1.82) is 0 Å². The van der Waals surface area contributed by atoms with Crippen molar-refractivity contribution in [2.45, 2.75) is 31.8 Å². The zero-order valence-electron chi connectivity index (χ0n) is 15.1. The monoisotopic (exact) mass is 341 g/mol. The van der Waals surface area contributed by atoms with E-state index < -0.39 is 0 Å². The maximum absolute atomic E-state index is 6.02. The average Bonchev–Trinajstić information content (AvgIpc) is 3.48. The maximum Gasteiger partial charge on any atom is 0.168 e. The van der Waals surface area contributed by atoms with E-state index in [4.69, 9.17) is 14.2 Å². The number of hydrogen-bond acceptors (Lipinski definition) is 4. The van der Waals surface area contributed by atoms with Crippen LogP contribution >= 0.6 is 0 Å². The van der Waals surface area contributed by atoms with Gasteiger partial charge in [-0.3, -0.25) is 0 Å². The number of nitrogens with one attached hydrogen (secondary N) is 1. The Morgan fingerprint density at radius 2 is 1.84 bits per heavy atom. The molecule has 0 amide bonds. The van der Waals surface area contributed by atoms with Gasteiger partial charge in [-0.2, -0.15) is 0 Å². The first kappa shape index (κ1) is 17.8. The lowest BCUT2D eigenvalue weighted by molar-refractivity contribution is 0.170. The van der Waals surface area contributed by atoms with Crippen molar-refractivity contribution < 1.29 is 14.2 Å². The van der Waals surface area contributed by atoms with Crippen molar-refractivity contribution >= 4 is 0 Å². The minimum absolute atomic E-state index is 0.609. The molecule has 1 N–H and O–H groups in total. The Morgan fingerprint density at radius 1 is 1.04 bits per heavy atom. The van der Waals surface area contributed by atoms with Gasteiger partial charge in [0.05, 0.1) is 13.7 Å². The molecule has 0 spiro atoms. The second-order valence-corrected chi connectivity index (χ2v) is 6.39. The highest BCUT2D eigenvalue weighted by Crippen LogP contribution is 2.39. The topological polar surface area (TPSA) is 39.7 Å². The predicted octanol–water partition coefficient (Wildman–Crippen LogP) is 4.03. The quantitative estimate of drug-likeness (QED) is 0.662. The molecule has 0 heterocycles. The largest absolute Gasteiger partial charge is 0.492 e. The molecule has 3 rings (SSSR count). The highest BCUT2D eigenvalue weighted by atomic mass is 16.5. The molecule has 4 nitrogen and oxygen atoms in total. The van der Waals surface area contributed by atoms with Crippen LogP contribution in [-0.2, 0) is 11.3 Å². The van der Waals surface area contributed by atoms with Crippen molar-refractivity contribution in [3.63, 3.8) is 0 Å². The van der Waals surface area contributed by atoms with Crippen LogP contribution in [0.3, 0.4) is 0 Å². The Hall–Kier alpha value is -2.04. The summed E-state index contributed by atoms with van der Waals surface area (Å²) >= 11 is 0. The lowest BCUT2D eigenvalue weighted by Gasteiger charge is -2.17. The molecule has 0 aromatic heterocycles. The van der Waals surface area contributed by atoms with E-state index in [0.717, 1.165) is 35.6 Å². The third-order valence-corrected chi connectivity index (χ3v) is 4.33. The zero-order chi connectivity index (χ0) is 17.5. The fraction of sp³-hybridized carbons (Fsp3) is 0.429. The molecule has 0 bridgehead atoms.